The predicted octanol–water partition coefficient (Wildman–Crippen LogP) is 3.30. The summed E-state index contributed by atoms with van der Waals surface area (Å²) >= 11 is 5.96. The van der Waals surface area contributed by atoms with Crippen LogP contribution in [-0.2, 0) is 6.61 Å². The molecule has 0 bridgehead atoms. The van der Waals surface area contributed by atoms with Crippen LogP contribution in [0.15, 0.2) is 47.5 Å². The van der Waals surface area contributed by atoms with Gasteiger partial charge in [-0.2, -0.15) is 10.5 Å². The Morgan fingerprint density at radius 1 is 1.15 bits per heavy atom. The molecule has 0 saturated heterocycles. The third-order valence-electron chi connectivity index (χ3n) is 5.17. The van der Waals surface area contributed by atoms with Gasteiger partial charge in [0.15, 0.2) is 17.7 Å². The number of ether oxygens (including phenoxy) is 2. The van der Waals surface area contributed by atoms with Crippen LogP contribution in [0.5, 0.6) is 11.5 Å². The number of rotatable bonds is 5. The van der Waals surface area contributed by atoms with Crippen molar-refractivity contribution in [3.05, 3.63) is 69.7 Å². The Morgan fingerprint density at radius 2 is 1.91 bits per heavy atom. The van der Waals surface area contributed by atoms with Gasteiger partial charge in [0.05, 0.1) is 12.8 Å². The van der Waals surface area contributed by atoms with E-state index in [0.29, 0.717) is 33.5 Å². The number of nitrogen functional groups attached to an aromatic ring is 2. The molecule has 1 atom stereocenters. The molecular formula is C23H19ClN8O2. The average Bonchev–Trinajstić information content (AvgIpc) is 2.83. The molecule has 1 aromatic heterocycles. The van der Waals surface area contributed by atoms with Gasteiger partial charge in [-0.3, -0.25) is 5.32 Å². The molecule has 2 aromatic carbocycles. The summed E-state index contributed by atoms with van der Waals surface area (Å²) in [6.07, 6.45) is 1.82. The Hall–Kier alpha value is -4.67. The lowest BCUT2D eigenvalue weighted by molar-refractivity contribution is 0.284. The van der Waals surface area contributed by atoms with E-state index < -0.39 is 6.04 Å². The number of anilines is 3. The summed E-state index contributed by atoms with van der Waals surface area (Å²) in [5, 5.41) is 24.6. The van der Waals surface area contributed by atoms with Crippen LogP contribution in [0, 0.1) is 22.8 Å². The zero-order chi connectivity index (χ0) is 24.2. The minimum Gasteiger partial charge on any atom is -0.493 e. The van der Waals surface area contributed by atoms with E-state index in [1.165, 1.54) is 0 Å². The molecule has 0 fully saturated rings. The van der Waals surface area contributed by atoms with Gasteiger partial charge in [0.2, 0.25) is 5.96 Å². The number of nitrogens with two attached hydrogens (primary N) is 2. The normalized spacial score (nSPS) is 14.0. The quantitative estimate of drug-likeness (QED) is 0.320. The van der Waals surface area contributed by atoms with Crippen LogP contribution >= 0.6 is 11.6 Å². The Kier molecular flexibility index (Phi) is 6.26. The number of aromatic nitrogens is 1. The number of fused-ring (bicyclic) bond motifs is 1. The lowest BCUT2D eigenvalue weighted by atomic mass is 9.95. The minimum absolute atomic E-state index is 0.0232. The minimum atomic E-state index is -0.698. The fourth-order valence-corrected chi connectivity index (χ4v) is 3.67. The van der Waals surface area contributed by atoms with Crippen LogP contribution in [0.25, 0.3) is 0 Å². The van der Waals surface area contributed by atoms with Gasteiger partial charge in [0.1, 0.15) is 35.9 Å². The smallest absolute Gasteiger partial charge is 0.211 e. The van der Waals surface area contributed by atoms with Crippen LogP contribution in [-0.4, -0.2) is 18.1 Å². The van der Waals surface area contributed by atoms with Gasteiger partial charge in [-0.25, -0.2) is 9.98 Å². The van der Waals surface area contributed by atoms with Gasteiger partial charge >= 0.3 is 0 Å². The highest BCUT2D eigenvalue weighted by atomic mass is 35.5. The SMILES string of the molecule is COc1ccc(C2N=C(NC#N)Nc3nc(N)c(C#N)c(N)c32)cc1OCc1ccc(Cl)cc1. The summed E-state index contributed by atoms with van der Waals surface area (Å²) in [6, 6.07) is 13.9. The molecule has 2 heterocycles. The lowest BCUT2D eigenvalue weighted by Gasteiger charge is -2.26. The number of hydrogen-bond acceptors (Lipinski definition) is 10. The second-order valence-corrected chi connectivity index (χ2v) is 7.66. The maximum atomic E-state index is 9.50. The van der Waals surface area contributed by atoms with E-state index >= 15 is 0 Å². The number of aliphatic imine (C=N–C) groups is 1. The van der Waals surface area contributed by atoms with E-state index in [4.69, 9.17) is 37.8 Å². The number of pyridine rings is 1. The summed E-state index contributed by atoms with van der Waals surface area (Å²) in [4.78, 5) is 8.82. The maximum absolute atomic E-state index is 9.50. The van der Waals surface area contributed by atoms with Crippen molar-refractivity contribution in [1.29, 1.82) is 10.5 Å². The number of nitrogens with one attached hydrogen (secondary N) is 2. The van der Waals surface area contributed by atoms with Gasteiger partial charge in [-0.05, 0) is 35.4 Å². The second-order valence-electron chi connectivity index (χ2n) is 7.23. The fraction of sp³-hybridized carbons (Fsp3) is 0.130. The maximum Gasteiger partial charge on any atom is 0.211 e. The van der Waals surface area contributed by atoms with Crippen LogP contribution in [0.4, 0.5) is 17.3 Å². The Labute approximate surface area is 200 Å². The number of nitriles is 2. The number of halogens is 1. The summed E-state index contributed by atoms with van der Waals surface area (Å²) in [6.45, 7) is 0.281. The molecule has 4 rings (SSSR count). The van der Waals surface area contributed by atoms with Crippen LogP contribution < -0.4 is 31.6 Å². The molecule has 10 nitrogen and oxygen atoms in total. The molecule has 11 heteroatoms. The van der Waals surface area contributed by atoms with E-state index in [9.17, 15) is 5.26 Å². The number of hydrogen-bond donors (Lipinski definition) is 4. The zero-order valence-corrected chi connectivity index (χ0v) is 18.7. The second kappa shape index (κ2) is 9.45. The summed E-state index contributed by atoms with van der Waals surface area (Å²) < 4.78 is 11.5. The van der Waals surface area contributed by atoms with Crippen molar-refractivity contribution in [1.82, 2.24) is 10.3 Å². The molecule has 0 radical (unpaired) electrons. The first-order valence-electron chi connectivity index (χ1n) is 9.99. The molecule has 170 valence electrons. The Balaban J connectivity index is 1.77. The Bertz CT molecular complexity index is 1360. The molecule has 0 spiro atoms. The van der Waals surface area contributed by atoms with Crippen molar-refractivity contribution in [2.45, 2.75) is 12.6 Å². The van der Waals surface area contributed by atoms with Crippen molar-refractivity contribution in [2.75, 3.05) is 23.9 Å². The summed E-state index contributed by atoms with van der Waals surface area (Å²) in [7, 11) is 1.54. The molecule has 0 amide bonds. The van der Waals surface area contributed by atoms with Gasteiger partial charge in [0, 0.05) is 10.6 Å². The van der Waals surface area contributed by atoms with Crippen LogP contribution in [0.1, 0.15) is 28.3 Å². The monoisotopic (exact) mass is 474 g/mol. The van der Waals surface area contributed by atoms with Crippen molar-refractivity contribution >= 4 is 34.9 Å². The predicted molar refractivity (Wildman–Crippen MR) is 128 cm³/mol. The third kappa shape index (κ3) is 4.31. The molecular weight excluding hydrogens is 456 g/mol. The highest BCUT2D eigenvalue weighted by molar-refractivity contribution is 6.30. The largest absolute Gasteiger partial charge is 0.493 e. The Morgan fingerprint density at radius 3 is 2.59 bits per heavy atom. The van der Waals surface area contributed by atoms with E-state index in [-0.39, 0.29) is 29.6 Å². The van der Waals surface area contributed by atoms with Gasteiger partial charge in [-0.1, -0.05) is 29.8 Å². The molecule has 1 aliphatic rings. The highest BCUT2D eigenvalue weighted by Gasteiger charge is 2.30. The van der Waals surface area contributed by atoms with Gasteiger partial charge in [0.25, 0.3) is 0 Å². The molecule has 1 aliphatic heterocycles. The van der Waals surface area contributed by atoms with E-state index in [2.05, 4.69) is 20.6 Å². The summed E-state index contributed by atoms with van der Waals surface area (Å²) in [5.41, 5.74) is 14.5. The van der Waals surface area contributed by atoms with E-state index in [1.807, 2.05) is 24.4 Å². The fourth-order valence-electron chi connectivity index (χ4n) is 3.54. The van der Waals surface area contributed by atoms with Gasteiger partial charge in [-0.15, -0.1) is 0 Å². The van der Waals surface area contributed by atoms with Gasteiger partial charge < -0.3 is 26.3 Å². The number of methoxy groups -OCH3 is 1. The van der Waals surface area contributed by atoms with Crippen molar-refractivity contribution in [3.63, 3.8) is 0 Å². The summed E-state index contributed by atoms with van der Waals surface area (Å²) in [5.74, 6) is 1.43. The standard InChI is InChI=1S/C23H19ClN8O2/c1-33-16-7-4-13(8-17(16)34-10-12-2-5-14(24)6-3-12)20-18-19(27)15(9-25)21(28)31-22(18)32-23(30-20)29-11-26/h2-8,20H,10H2,1H3,(H6,27,28,29,30,31,32). The highest BCUT2D eigenvalue weighted by Crippen LogP contribution is 2.42. The van der Waals surface area contributed by atoms with Crippen molar-refractivity contribution in [3.8, 4) is 23.8 Å². The molecule has 3 aromatic rings. The third-order valence-corrected chi connectivity index (χ3v) is 5.42. The number of nitrogens with zero attached hydrogens (tertiary/aromatic N) is 4. The molecule has 6 N–H and O–H groups in total. The van der Waals surface area contributed by atoms with E-state index in [0.717, 1.165) is 5.56 Å². The van der Waals surface area contributed by atoms with Crippen LogP contribution in [0.2, 0.25) is 5.02 Å². The lowest BCUT2D eigenvalue weighted by Crippen LogP contribution is -2.32. The average molecular weight is 475 g/mol. The zero-order valence-electron chi connectivity index (χ0n) is 18.0. The molecule has 34 heavy (non-hydrogen) atoms. The van der Waals surface area contributed by atoms with Crippen molar-refractivity contribution < 1.29 is 9.47 Å². The topological polar surface area (TPSA) is 167 Å². The first-order chi connectivity index (χ1) is 16.4. The van der Waals surface area contributed by atoms with Crippen LogP contribution in [0.3, 0.4) is 0 Å². The number of guanidine groups is 1. The first kappa shape index (κ1) is 22.5. The number of benzene rings is 2. The van der Waals surface area contributed by atoms with Crippen molar-refractivity contribution in [2.24, 2.45) is 4.99 Å². The van der Waals surface area contributed by atoms with E-state index in [1.54, 1.807) is 37.4 Å². The first-order valence-corrected chi connectivity index (χ1v) is 10.4. The molecule has 0 saturated carbocycles. The molecule has 0 aliphatic carbocycles. The molecule has 1 unspecified atom stereocenters.